The molecule has 0 radical (unpaired) electrons. The van der Waals surface area contributed by atoms with Gasteiger partial charge in [-0.1, -0.05) is 44.0 Å². The first-order valence-corrected chi connectivity index (χ1v) is 7.65. The molecule has 1 aromatic carbocycles. The minimum atomic E-state index is 0.401. The van der Waals surface area contributed by atoms with Gasteiger partial charge in [-0.15, -0.1) is 18.2 Å². The SMILES string of the molecule is C#CCSCCNC(C)c1ccc(C(C)C)cc1. The fourth-order valence-corrected chi connectivity index (χ4v) is 2.29. The molecule has 0 aromatic heterocycles. The first-order chi connectivity index (χ1) is 8.65. The molecule has 1 nitrogen and oxygen atoms in total. The van der Waals surface area contributed by atoms with Crippen LogP contribution in [0.25, 0.3) is 0 Å². The van der Waals surface area contributed by atoms with Gasteiger partial charge in [0.1, 0.15) is 0 Å². The second-order valence-corrected chi connectivity index (χ2v) is 5.86. The molecule has 1 aromatic rings. The summed E-state index contributed by atoms with van der Waals surface area (Å²) in [6, 6.07) is 9.30. The van der Waals surface area contributed by atoms with Gasteiger partial charge in [0.25, 0.3) is 0 Å². The lowest BCUT2D eigenvalue weighted by atomic mass is 10.00. The zero-order valence-electron chi connectivity index (χ0n) is 11.6. The Hall–Kier alpha value is -0.910. The van der Waals surface area contributed by atoms with Crippen LogP contribution in [0.4, 0.5) is 0 Å². The molecular formula is C16H23NS. The van der Waals surface area contributed by atoms with Crippen LogP contribution in [-0.2, 0) is 0 Å². The minimum absolute atomic E-state index is 0.401. The van der Waals surface area contributed by atoms with Crippen LogP contribution >= 0.6 is 11.8 Å². The Morgan fingerprint density at radius 3 is 2.33 bits per heavy atom. The van der Waals surface area contributed by atoms with Crippen molar-refractivity contribution in [2.45, 2.75) is 32.7 Å². The summed E-state index contributed by atoms with van der Waals surface area (Å²) in [4.78, 5) is 0. The lowest BCUT2D eigenvalue weighted by Gasteiger charge is -2.15. The molecule has 1 rings (SSSR count). The summed E-state index contributed by atoms with van der Waals surface area (Å²) in [6.07, 6.45) is 5.21. The average Bonchev–Trinajstić information content (AvgIpc) is 2.38. The number of nitrogens with one attached hydrogen (secondary N) is 1. The summed E-state index contributed by atoms with van der Waals surface area (Å²) in [5.74, 6) is 5.11. The Labute approximate surface area is 116 Å². The van der Waals surface area contributed by atoms with Crippen molar-refractivity contribution in [2.24, 2.45) is 0 Å². The van der Waals surface area contributed by atoms with Gasteiger partial charge in [-0.2, -0.15) is 0 Å². The molecule has 0 saturated carbocycles. The molecular weight excluding hydrogens is 238 g/mol. The van der Waals surface area contributed by atoms with Gasteiger partial charge in [0.15, 0.2) is 0 Å². The van der Waals surface area contributed by atoms with Crippen LogP contribution < -0.4 is 5.32 Å². The Morgan fingerprint density at radius 2 is 1.78 bits per heavy atom. The third-order valence-corrected chi connectivity index (χ3v) is 3.85. The van der Waals surface area contributed by atoms with Crippen molar-refractivity contribution in [2.75, 3.05) is 18.1 Å². The smallest absolute Gasteiger partial charge is 0.0545 e. The Balaban J connectivity index is 2.37. The number of hydrogen-bond donors (Lipinski definition) is 1. The maximum Gasteiger partial charge on any atom is 0.0545 e. The standard InChI is InChI=1S/C16H23NS/c1-5-11-18-12-10-17-14(4)16-8-6-15(7-9-16)13(2)3/h1,6-9,13-14,17H,10-12H2,2-4H3. The molecule has 0 saturated heterocycles. The van der Waals surface area contributed by atoms with E-state index < -0.39 is 0 Å². The lowest BCUT2D eigenvalue weighted by Crippen LogP contribution is -2.21. The van der Waals surface area contributed by atoms with Crippen LogP contribution in [0.15, 0.2) is 24.3 Å². The van der Waals surface area contributed by atoms with Gasteiger partial charge in [-0.05, 0) is 24.0 Å². The summed E-state index contributed by atoms with van der Waals surface area (Å²) in [5.41, 5.74) is 2.75. The van der Waals surface area contributed by atoms with Crippen molar-refractivity contribution in [1.82, 2.24) is 5.32 Å². The third kappa shape index (κ3) is 5.16. The van der Waals surface area contributed by atoms with Gasteiger partial charge in [0.2, 0.25) is 0 Å². The third-order valence-electron chi connectivity index (χ3n) is 2.99. The van der Waals surface area contributed by atoms with Crippen molar-refractivity contribution in [3.05, 3.63) is 35.4 Å². The van der Waals surface area contributed by atoms with E-state index in [2.05, 4.69) is 56.3 Å². The molecule has 0 aliphatic carbocycles. The highest BCUT2D eigenvalue weighted by molar-refractivity contribution is 7.99. The fraction of sp³-hybridized carbons (Fsp3) is 0.500. The highest BCUT2D eigenvalue weighted by Gasteiger charge is 2.05. The normalized spacial score (nSPS) is 12.4. The number of benzene rings is 1. The Morgan fingerprint density at radius 1 is 1.17 bits per heavy atom. The molecule has 1 atom stereocenters. The van der Waals surface area contributed by atoms with E-state index >= 15 is 0 Å². The van der Waals surface area contributed by atoms with Crippen molar-refractivity contribution >= 4 is 11.8 Å². The molecule has 0 aliphatic rings. The predicted octanol–water partition coefficient (Wildman–Crippen LogP) is 3.83. The van der Waals surface area contributed by atoms with E-state index in [1.54, 1.807) is 11.8 Å². The van der Waals surface area contributed by atoms with Crippen LogP contribution in [0, 0.1) is 12.3 Å². The van der Waals surface area contributed by atoms with Crippen LogP contribution in [0.1, 0.15) is 43.9 Å². The molecule has 1 N–H and O–H groups in total. The number of terminal acetylenes is 1. The van der Waals surface area contributed by atoms with E-state index in [0.29, 0.717) is 12.0 Å². The maximum absolute atomic E-state index is 5.21. The summed E-state index contributed by atoms with van der Waals surface area (Å²) in [7, 11) is 0. The first-order valence-electron chi connectivity index (χ1n) is 6.49. The molecule has 0 amide bonds. The molecule has 0 fully saturated rings. The summed E-state index contributed by atoms with van der Waals surface area (Å²) in [6.45, 7) is 7.65. The minimum Gasteiger partial charge on any atom is -0.309 e. The van der Waals surface area contributed by atoms with Crippen LogP contribution in [0.5, 0.6) is 0 Å². The van der Waals surface area contributed by atoms with Crippen molar-refractivity contribution in [3.63, 3.8) is 0 Å². The second kappa shape index (κ2) is 8.24. The van der Waals surface area contributed by atoms with Crippen molar-refractivity contribution in [1.29, 1.82) is 0 Å². The van der Waals surface area contributed by atoms with E-state index in [4.69, 9.17) is 6.42 Å². The number of thioether (sulfide) groups is 1. The summed E-state index contributed by atoms with van der Waals surface area (Å²) >= 11 is 1.80. The number of hydrogen-bond acceptors (Lipinski definition) is 2. The van der Waals surface area contributed by atoms with Crippen molar-refractivity contribution < 1.29 is 0 Å². The monoisotopic (exact) mass is 261 g/mol. The van der Waals surface area contributed by atoms with Crippen LogP contribution in [-0.4, -0.2) is 18.1 Å². The fourth-order valence-electron chi connectivity index (χ4n) is 1.77. The number of rotatable bonds is 7. The van der Waals surface area contributed by atoms with E-state index in [9.17, 15) is 0 Å². The van der Waals surface area contributed by atoms with Crippen molar-refractivity contribution in [3.8, 4) is 12.3 Å². The quantitative estimate of drug-likeness (QED) is 0.591. The zero-order valence-corrected chi connectivity index (χ0v) is 12.4. The second-order valence-electron chi connectivity index (χ2n) is 4.75. The summed E-state index contributed by atoms with van der Waals surface area (Å²) in [5, 5.41) is 3.52. The highest BCUT2D eigenvalue weighted by atomic mass is 32.2. The average molecular weight is 261 g/mol. The van der Waals surface area contributed by atoms with Gasteiger partial charge in [-0.3, -0.25) is 0 Å². The van der Waals surface area contributed by atoms with Crippen LogP contribution in [0.2, 0.25) is 0 Å². The molecule has 2 heteroatoms. The highest BCUT2D eigenvalue weighted by Crippen LogP contribution is 2.18. The predicted molar refractivity (Wildman–Crippen MR) is 83.1 cm³/mol. The maximum atomic E-state index is 5.21. The van der Waals surface area contributed by atoms with E-state index in [1.807, 2.05) is 0 Å². The molecule has 0 aliphatic heterocycles. The summed E-state index contributed by atoms with van der Waals surface area (Å²) < 4.78 is 0. The molecule has 1 unspecified atom stereocenters. The zero-order chi connectivity index (χ0) is 13.4. The van der Waals surface area contributed by atoms with E-state index in [-0.39, 0.29) is 0 Å². The molecule has 18 heavy (non-hydrogen) atoms. The molecule has 0 heterocycles. The van der Waals surface area contributed by atoms with Gasteiger partial charge in [-0.25, -0.2) is 0 Å². The lowest BCUT2D eigenvalue weighted by molar-refractivity contribution is 0.601. The van der Waals surface area contributed by atoms with E-state index in [0.717, 1.165) is 18.1 Å². The Bertz CT molecular complexity index is 375. The topological polar surface area (TPSA) is 12.0 Å². The van der Waals surface area contributed by atoms with Gasteiger partial charge in [0.05, 0.1) is 5.75 Å². The van der Waals surface area contributed by atoms with Crippen LogP contribution in [0.3, 0.4) is 0 Å². The Kier molecular flexibility index (Phi) is 6.93. The van der Waals surface area contributed by atoms with Gasteiger partial charge >= 0.3 is 0 Å². The molecule has 98 valence electrons. The first kappa shape index (κ1) is 15.1. The van der Waals surface area contributed by atoms with Gasteiger partial charge < -0.3 is 5.32 Å². The van der Waals surface area contributed by atoms with E-state index in [1.165, 1.54) is 11.1 Å². The molecule has 0 bridgehead atoms. The largest absolute Gasteiger partial charge is 0.309 e. The molecule has 0 spiro atoms. The van der Waals surface area contributed by atoms with Gasteiger partial charge in [0, 0.05) is 18.3 Å².